The van der Waals surface area contributed by atoms with Crippen LogP contribution in [0.15, 0.2) is 53.4 Å². The molecule has 0 atom stereocenters. The summed E-state index contributed by atoms with van der Waals surface area (Å²) in [4.78, 5) is 13.4. The van der Waals surface area contributed by atoms with Crippen molar-refractivity contribution in [3.05, 3.63) is 59.1 Å². The number of halogens is 4. The molecule has 1 amide bonds. The van der Waals surface area contributed by atoms with Crippen molar-refractivity contribution in [3.63, 3.8) is 0 Å². The average molecular weight is 477 g/mol. The van der Waals surface area contributed by atoms with Gasteiger partial charge >= 0.3 is 6.18 Å². The van der Waals surface area contributed by atoms with Gasteiger partial charge in [-0.2, -0.15) is 17.5 Å². The fourth-order valence-electron chi connectivity index (χ4n) is 3.14. The number of carbonyl (C=O) groups excluding carboxylic acids is 1. The molecule has 1 saturated heterocycles. The SMILES string of the molecule is O=C(CCOc1ccccc1)N1CCN(S(=O)(=O)c2ccc(Cl)c(C(F)(F)F)c2)CC1. The highest BCUT2D eigenvalue weighted by atomic mass is 35.5. The average Bonchev–Trinajstić information content (AvgIpc) is 2.74. The molecule has 2 aromatic rings. The van der Waals surface area contributed by atoms with Crippen molar-refractivity contribution >= 4 is 27.5 Å². The molecular weight excluding hydrogens is 457 g/mol. The number of ether oxygens (including phenoxy) is 1. The maximum Gasteiger partial charge on any atom is 0.417 e. The molecule has 0 aliphatic carbocycles. The second kappa shape index (κ2) is 9.46. The van der Waals surface area contributed by atoms with Crippen molar-refractivity contribution in [1.82, 2.24) is 9.21 Å². The van der Waals surface area contributed by atoms with Gasteiger partial charge in [-0.05, 0) is 30.3 Å². The quantitative estimate of drug-likeness (QED) is 0.638. The molecule has 1 heterocycles. The predicted molar refractivity (Wildman–Crippen MR) is 108 cm³/mol. The van der Waals surface area contributed by atoms with Crippen LogP contribution in [-0.4, -0.2) is 56.3 Å². The number of piperazine rings is 1. The number of nitrogens with zero attached hydrogens (tertiary/aromatic N) is 2. The molecule has 168 valence electrons. The molecule has 6 nitrogen and oxygen atoms in total. The molecule has 1 fully saturated rings. The number of benzene rings is 2. The maximum absolute atomic E-state index is 13.1. The molecule has 11 heteroatoms. The van der Waals surface area contributed by atoms with Crippen LogP contribution < -0.4 is 4.74 Å². The summed E-state index contributed by atoms with van der Waals surface area (Å²) in [6, 6.07) is 11.5. The van der Waals surface area contributed by atoms with E-state index in [9.17, 15) is 26.4 Å². The van der Waals surface area contributed by atoms with Crippen molar-refractivity contribution in [2.45, 2.75) is 17.5 Å². The van der Waals surface area contributed by atoms with E-state index in [1.807, 2.05) is 18.2 Å². The van der Waals surface area contributed by atoms with Crippen LogP contribution in [0.2, 0.25) is 5.02 Å². The van der Waals surface area contributed by atoms with E-state index >= 15 is 0 Å². The molecular formula is C20H20ClF3N2O4S. The van der Waals surface area contributed by atoms with E-state index in [0.29, 0.717) is 11.8 Å². The fraction of sp³-hybridized carbons (Fsp3) is 0.350. The topological polar surface area (TPSA) is 66.9 Å². The van der Waals surface area contributed by atoms with E-state index in [1.54, 1.807) is 12.1 Å². The third-order valence-electron chi connectivity index (χ3n) is 4.80. The van der Waals surface area contributed by atoms with E-state index in [-0.39, 0.29) is 45.1 Å². The van der Waals surface area contributed by atoms with E-state index in [4.69, 9.17) is 16.3 Å². The molecule has 0 spiro atoms. The number of carbonyl (C=O) groups is 1. The number of rotatable bonds is 6. The van der Waals surface area contributed by atoms with Crippen LogP contribution in [0.25, 0.3) is 0 Å². The van der Waals surface area contributed by atoms with Crippen LogP contribution in [-0.2, 0) is 21.0 Å². The lowest BCUT2D eigenvalue weighted by molar-refractivity contribution is -0.137. The third-order valence-corrected chi connectivity index (χ3v) is 7.02. The zero-order chi connectivity index (χ0) is 22.6. The zero-order valence-corrected chi connectivity index (χ0v) is 17.9. The highest BCUT2D eigenvalue weighted by molar-refractivity contribution is 7.89. The van der Waals surface area contributed by atoms with Gasteiger partial charge in [0.2, 0.25) is 15.9 Å². The van der Waals surface area contributed by atoms with Crippen LogP contribution in [0.1, 0.15) is 12.0 Å². The first-order valence-corrected chi connectivity index (χ1v) is 11.2. The number of hydrogen-bond donors (Lipinski definition) is 0. The Bertz CT molecular complexity index is 1020. The highest BCUT2D eigenvalue weighted by Crippen LogP contribution is 2.36. The standard InChI is InChI=1S/C20H20ClF3N2O4S/c21-18-7-6-16(14-17(18)20(22,23)24)31(28,29)26-11-9-25(10-12-26)19(27)8-13-30-15-4-2-1-3-5-15/h1-7,14H,8-13H2. The van der Waals surface area contributed by atoms with E-state index in [2.05, 4.69) is 0 Å². The fourth-order valence-corrected chi connectivity index (χ4v) is 4.81. The molecule has 3 rings (SSSR count). The Balaban J connectivity index is 1.58. The van der Waals surface area contributed by atoms with Crippen LogP contribution in [0, 0.1) is 0 Å². The van der Waals surface area contributed by atoms with Crippen molar-refractivity contribution in [2.24, 2.45) is 0 Å². The second-order valence-electron chi connectivity index (χ2n) is 6.84. The highest BCUT2D eigenvalue weighted by Gasteiger charge is 2.36. The van der Waals surface area contributed by atoms with Crippen molar-refractivity contribution in [3.8, 4) is 5.75 Å². The Morgan fingerprint density at radius 3 is 2.29 bits per heavy atom. The largest absolute Gasteiger partial charge is 0.493 e. The van der Waals surface area contributed by atoms with E-state index < -0.39 is 31.7 Å². The number of amides is 1. The maximum atomic E-state index is 13.1. The van der Waals surface area contributed by atoms with Gasteiger partial charge in [0.25, 0.3) is 0 Å². The smallest absolute Gasteiger partial charge is 0.417 e. The van der Waals surface area contributed by atoms with Gasteiger partial charge in [0.05, 0.1) is 28.5 Å². The molecule has 0 unspecified atom stereocenters. The summed E-state index contributed by atoms with van der Waals surface area (Å²) in [6.07, 6.45) is -4.64. The molecule has 1 aliphatic heterocycles. The minimum atomic E-state index is -4.77. The lowest BCUT2D eigenvalue weighted by atomic mass is 10.2. The predicted octanol–water partition coefficient (Wildman–Crippen LogP) is 3.66. The lowest BCUT2D eigenvalue weighted by Gasteiger charge is -2.34. The van der Waals surface area contributed by atoms with Crippen molar-refractivity contribution in [1.29, 1.82) is 0 Å². The van der Waals surface area contributed by atoms with E-state index in [0.717, 1.165) is 16.4 Å². The van der Waals surface area contributed by atoms with Gasteiger partial charge in [0.15, 0.2) is 0 Å². The number of para-hydroxylation sites is 1. The minimum absolute atomic E-state index is 0.0163. The Morgan fingerprint density at radius 2 is 1.68 bits per heavy atom. The molecule has 0 radical (unpaired) electrons. The van der Waals surface area contributed by atoms with Crippen LogP contribution in [0.3, 0.4) is 0 Å². The molecule has 0 bridgehead atoms. The van der Waals surface area contributed by atoms with Gasteiger partial charge in [0.1, 0.15) is 5.75 Å². The van der Waals surface area contributed by atoms with Gasteiger partial charge in [-0.1, -0.05) is 29.8 Å². The first kappa shape index (κ1) is 23.4. The van der Waals surface area contributed by atoms with Gasteiger partial charge in [-0.3, -0.25) is 4.79 Å². The summed E-state index contributed by atoms with van der Waals surface area (Å²) in [5.74, 6) is 0.464. The normalized spacial score (nSPS) is 15.7. The Morgan fingerprint density at radius 1 is 1.03 bits per heavy atom. The second-order valence-corrected chi connectivity index (χ2v) is 9.18. The van der Waals surface area contributed by atoms with Crippen LogP contribution in [0.5, 0.6) is 5.75 Å². The van der Waals surface area contributed by atoms with Gasteiger partial charge in [0, 0.05) is 26.2 Å². The summed E-state index contributed by atoms with van der Waals surface area (Å²) < 4.78 is 71.3. The first-order valence-electron chi connectivity index (χ1n) is 9.41. The lowest BCUT2D eigenvalue weighted by Crippen LogP contribution is -2.50. The Hall–Kier alpha value is -2.30. The minimum Gasteiger partial charge on any atom is -0.493 e. The zero-order valence-electron chi connectivity index (χ0n) is 16.3. The van der Waals surface area contributed by atoms with Crippen molar-refractivity contribution < 1.29 is 31.1 Å². The summed E-state index contributed by atoms with van der Waals surface area (Å²) in [6.45, 7) is 0.438. The van der Waals surface area contributed by atoms with Crippen LogP contribution in [0.4, 0.5) is 13.2 Å². The molecule has 31 heavy (non-hydrogen) atoms. The molecule has 0 aromatic heterocycles. The first-order chi connectivity index (χ1) is 14.6. The number of hydrogen-bond acceptors (Lipinski definition) is 4. The summed E-state index contributed by atoms with van der Waals surface area (Å²) in [7, 11) is -4.15. The third kappa shape index (κ3) is 5.69. The van der Waals surface area contributed by atoms with E-state index in [1.165, 1.54) is 4.90 Å². The van der Waals surface area contributed by atoms with Gasteiger partial charge in [-0.25, -0.2) is 8.42 Å². The summed E-state index contributed by atoms with van der Waals surface area (Å²) in [5.41, 5.74) is -1.21. The number of sulfonamides is 1. The van der Waals surface area contributed by atoms with Gasteiger partial charge < -0.3 is 9.64 Å². The molecule has 0 N–H and O–H groups in total. The van der Waals surface area contributed by atoms with Crippen molar-refractivity contribution in [2.75, 3.05) is 32.8 Å². The molecule has 0 saturated carbocycles. The molecule has 2 aromatic carbocycles. The number of alkyl halides is 3. The van der Waals surface area contributed by atoms with Crippen LogP contribution >= 0.6 is 11.6 Å². The molecule has 1 aliphatic rings. The van der Waals surface area contributed by atoms with Gasteiger partial charge in [-0.15, -0.1) is 0 Å². The monoisotopic (exact) mass is 476 g/mol. The summed E-state index contributed by atoms with van der Waals surface area (Å²) in [5, 5.41) is -0.570. The Kier molecular flexibility index (Phi) is 7.13. The Labute approximate surface area is 183 Å². The summed E-state index contributed by atoms with van der Waals surface area (Å²) >= 11 is 5.57.